The minimum Gasteiger partial charge on any atom is -0.354 e. The van der Waals surface area contributed by atoms with Crippen LogP contribution in [0.2, 0.25) is 0 Å². The van der Waals surface area contributed by atoms with E-state index < -0.39 is 0 Å². The first-order valence-electron chi connectivity index (χ1n) is 8.74. The fraction of sp³-hybridized carbons (Fsp3) is 0.316. The highest BCUT2D eigenvalue weighted by Crippen LogP contribution is 2.17. The Bertz CT molecular complexity index is 885. The van der Waals surface area contributed by atoms with E-state index in [0.717, 1.165) is 55.6 Å². The number of piperazine rings is 1. The second-order valence-electron chi connectivity index (χ2n) is 6.53. The van der Waals surface area contributed by atoms with E-state index >= 15 is 0 Å². The number of anilines is 1. The zero-order chi connectivity index (χ0) is 17.9. The highest BCUT2D eigenvalue weighted by Gasteiger charge is 2.19. The van der Waals surface area contributed by atoms with Gasteiger partial charge in [-0.05, 0) is 30.7 Å². The van der Waals surface area contributed by atoms with Crippen molar-refractivity contribution in [3.8, 4) is 5.82 Å². The van der Waals surface area contributed by atoms with Crippen LogP contribution in [0.5, 0.6) is 0 Å². The fourth-order valence-electron chi connectivity index (χ4n) is 3.21. The summed E-state index contributed by atoms with van der Waals surface area (Å²) in [5, 5.41) is 4.40. The third kappa shape index (κ3) is 3.72. The van der Waals surface area contributed by atoms with Gasteiger partial charge in [-0.2, -0.15) is 5.10 Å². The number of halogens is 1. The minimum absolute atomic E-state index is 0.177. The predicted molar refractivity (Wildman–Crippen MR) is 97.8 cm³/mol. The maximum absolute atomic E-state index is 13.3. The second-order valence-corrected chi connectivity index (χ2v) is 6.53. The van der Waals surface area contributed by atoms with Crippen LogP contribution >= 0.6 is 0 Å². The lowest BCUT2D eigenvalue weighted by Crippen LogP contribution is -2.46. The highest BCUT2D eigenvalue weighted by atomic mass is 19.1. The molecule has 0 N–H and O–H groups in total. The summed E-state index contributed by atoms with van der Waals surface area (Å²) in [6.07, 6.45) is 3.49. The molecule has 3 heterocycles. The molecule has 0 bridgehead atoms. The van der Waals surface area contributed by atoms with Crippen LogP contribution in [0, 0.1) is 12.7 Å². The summed E-state index contributed by atoms with van der Waals surface area (Å²) in [6, 6.07) is 10.7. The molecule has 2 aromatic heterocycles. The molecular weight excluding hydrogens is 331 g/mol. The van der Waals surface area contributed by atoms with Crippen molar-refractivity contribution in [1.29, 1.82) is 0 Å². The molecule has 0 saturated carbocycles. The van der Waals surface area contributed by atoms with Crippen LogP contribution in [0.3, 0.4) is 0 Å². The van der Waals surface area contributed by atoms with E-state index in [1.807, 2.05) is 31.3 Å². The van der Waals surface area contributed by atoms with Gasteiger partial charge in [0.1, 0.15) is 18.0 Å². The summed E-state index contributed by atoms with van der Waals surface area (Å²) in [4.78, 5) is 13.3. The predicted octanol–water partition coefficient (Wildman–Crippen LogP) is 2.43. The Balaban J connectivity index is 1.40. The molecule has 0 radical (unpaired) electrons. The molecule has 0 spiro atoms. The third-order valence-corrected chi connectivity index (χ3v) is 4.59. The normalized spacial score (nSPS) is 15.4. The van der Waals surface area contributed by atoms with Crippen molar-refractivity contribution in [2.24, 2.45) is 0 Å². The van der Waals surface area contributed by atoms with Gasteiger partial charge in [-0.3, -0.25) is 4.90 Å². The van der Waals surface area contributed by atoms with E-state index in [1.165, 1.54) is 6.07 Å². The minimum atomic E-state index is -0.177. The fourth-order valence-corrected chi connectivity index (χ4v) is 3.21. The SMILES string of the molecule is Cc1ccn(-c2cc(N3CCN(Cc4cccc(F)c4)CC3)ncn2)n1. The van der Waals surface area contributed by atoms with Gasteiger partial charge >= 0.3 is 0 Å². The summed E-state index contributed by atoms with van der Waals surface area (Å²) >= 11 is 0. The molecule has 134 valence electrons. The monoisotopic (exact) mass is 352 g/mol. The summed E-state index contributed by atoms with van der Waals surface area (Å²) in [7, 11) is 0. The van der Waals surface area contributed by atoms with Gasteiger partial charge in [0, 0.05) is 45.0 Å². The molecule has 0 amide bonds. The van der Waals surface area contributed by atoms with Gasteiger partial charge in [-0.1, -0.05) is 12.1 Å². The molecule has 26 heavy (non-hydrogen) atoms. The average Bonchev–Trinajstić information content (AvgIpc) is 3.09. The van der Waals surface area contributed by atoms with E-state index in [4.69, 9.17) is 0 Å². The first kappa shape index (κ1) is 16.7. The third-order valence-electron chi connectivity index (χ3n) is 4.59. The lowest BCUT2D eigenvalue weighted by Gasteiger charge is -2.35. The van der Waals surface area contributed by atoms with Crippen LogP contribution in [-0.4, -0.2) is 50.8 Å². The number of aromatic nitrogens is 4. The van der Waals surface area contributed by atoms with Crippen molar-refractivity contribution in [3.63, 3.8) is 0 Å². The zero-order valence-electron chi connectivity index (χ0n) is 14.7. The Morgan fingerprint density at radius 3 is 2.54 bits per heavy atom. The molecular formula is C19H21FN6. The molecule has 1 fully saturated rings. The molecule has 0 aliphatic carbocycles. The van der Waals surface area contributed by atoms with E-state index in [-0.39, 0.29) is 5.82 Å². The van der Waals surface area contributed by atoms with Gasteiger partial charge < -0.3 is 4.90 Å². The maximum atomic E-state index is 13.3. The lowest BCUT2D eigenvalue weighted by molar-refractivity contribution is 0.249. The topological polar surface area (TPSA) is 50.1 Å². The van der Waals surface area contributed by atoms with Crippen molar-refractivity contribution >= 4 is 5.82 Å². The smallest absolute Gasteiger partial charge is 0.158 e. The molecule has 1 aromatic carbocycles. The molecule has 7 heteroatoms. The first-order valence-corrected chi connectivity index (χ1v) is 8.74. The zero-order valence-corrected chi connectivity index (χ0v) is 14.7. The molecule has 1 saturated heterocycles. The summed E-state index contributed by atoms with van der Waals surface area (Å²) in [6.45, 7) is 6.31. The summed E-state index contributed by atoms with van der Waals surface area (Å²) in [5.74, 6) is 1.50. The van der Waals surface area contributed by atoms with Crippen LogP contribution in [0.1, 0.15) is 11.3 Å². The summed E-state index contributed by atoms with van der Waals surface area (Å²) in [5.41, 5.74) is 1.97. The largest absolute Gasteiger partial charge is 0.354 e. The van der Waals surface area contributed by atoms with Crippen molar-refractivity contribution in [2.45, 2.75) is 13.5 Å². The van der Waals surface area contributed by atoms with Crippen LogP contribution in [0.15, 0.2) is 48.9 Å². The molecule has 1 aliphatic heterocycles. The van der Waals surface area contributed by atoms with Gasteiger partial charge in [-0.15, -0.1) is 0 Å². The van der Waals surface area contributed by atoms with Crippen molar-refractivity contribution in [2.75, 3.05) is 31.1 Å². The number of rotatable bonds is 4. The van der Waals surface area contributed by atoms with E-state index in [1.54, 1.807) is 23.1 Å². The van der Waals surface area contributed by atoms with Crippen molar-refractivity contribution in [3.05, 3.63) is 66.0 Å². The molecule has 6 nitrogen and oxygen atoms in total. The van der Waals surface area contributed by atoms with Gasteiger partial charge in [0.25, 0.3) is 0 Å². The Morgan fingerprint density at radius 1 is 1.00 bits per heavy atom. The van der Waals surface area contributed by atoms with E-state index in [0.29, 0.717) is 0 Å². The van der Waals surface area contributed by atoms with E-state index in [2.05, 4.69) is 24.9 Å². The second kappa shape index (κ2) is 7.21. The first-order chi connectivity index (χ1) is 12.7. The highest BCUT2D eigenvalue weighted by molar-refractivity contribution is 5.43. The van der Waals surface area contributed by atoms with Crippen LogP contribution < -0.4 is 4.90 Å². The van der Waals surface area contributed by atoms with Crippen LogP contribution in [-0.2, 0) is 6.54 Å². The number of benzene rings is 1. The number of hydrogen-bond acceptors (Lipinski definition) is 5. The summed E-state index contributed by atoms with van der Waals surface area (Å²) < 4.78 is 15.1. The average molecular weight is 352 g/mol. The Labute approximate surface area is 151 Å². The Kier molecular flexibility index (Phi) is 4.62. The van der Waals surface area contributed by atoms with Gasteiger partial charge in [0.2, 0.25) is 0 Å². The van der Waals surface area contributed by atoms with Gasteiger partial charge in [0.05, 0.1) is 5.69 Å². The molecule has 1 aliphatic rings. The molecule has 3 aromatic rings. The maximum Gasteiger partial charge on any atom is 0.158 e. The van der Waals surface area contributed by atoms with Crippen molar-refractivity contribution in [1.82, 2.24) is 24.6 Å². The van der Waals surface area contributed by atoms with Crippen molar-refractivity contribution < 1.29 is 4.39 Å². The Hall–Kier alpha value is -2.80. The lowest BCUT2D eigenvalue weighted by atomic mass is 10.2. The number of nitrogens with zero attached hydrogens (tertiary/aromatic N) is 6. The molecule has 4 rings (SSSR count). The molecule has 0 atom stereocenters. The van der Waals surface area contributed by atoms with Crippen LogP contribution in [0.4, 0.5) is 10.2 Å². The van der Waals surface area contributed by atoms with Crippen LogP contribution in [0.25, 0.3) is 5.82 Å². The molecule has 0 unspecified atom stereocenters. The Morgan fingerprint density at radius 2 is 1.81 bits per heavy atom. The number of aryl methyl sites for hydroxylation is 1. The van der Waals surface area contributed by atoms with Gasteiger partial charge in [-0.25, -0.2) is 19.0 Å². The van der Waals surface area contributed by atoms with Gasteiger partial charge in [0.15, 0.2) is 5.82 Å². The van der Waals surface area contributed by atoms with E-state index in [9.17, 15) is 4.39 Å². The quantitative estimate of drug-likeness (QED) is 0.722. The standard InChI is InChI=1S/C19H21FN6/c1-15-5-6-26(23-15)19-12-18(21-14-22-19)25-9-7-24(8-10-25)13-16-3-2-4-17(20)11-16/h2-6,11-12,14H,7-10,13H2,1H3. The number of hydrogen-bond donors (Lipinski definition) is 0.